The number of nitrogens with zero attached hydrogens (tertiary/aromatic N) is 6. The molecular weight excluding hydrogens is 1290 g/mol. The van der Waals surface area contributed by atoms with Gasteiger partial charge in [0.05, 0.1) is 49.8 Å². The number of ether oxygens (including phenoxy) is 3. The van der Waals surface area contributed by atoms with E-state index in [1.54, 1.807) is 49.6 Å². The highest BCUT2D eigenvalue weighted by Gasteiger charge is 2.25. The van der Waals surface area contributed by atoms with E-state index >= 15 is 0 Å². The van der Waals surface area contributed by atoms with Gasteiger partial charge in [0.2, 0.25) is 0 Å². The van der Waals surface area contributed by atoms with E-state index in [4.69, 9.17) is 37.4 Å². The Hall–Kier alpha value is -11.7. The molecule has 0 saturated heterocycles. The second-order valence-corrected chi connectivity index (χ2v) is 26.7. The third-order valence-electron chi connectivity index (χ3n) is 17.2. The molecule has 0 atom stereocenters. The Labute approximate surface area is 559 Å². The Morgan fingerprint density at radius 2 is 0.670 bits per heavy atom. The summed E-state index contributed by atoms with van der Waals surface area (Å²) in [7, 11) is 0. The zero-order valence-corrected chi connectivity index (χ0v) is 55.1. The van der Waals surface area contributed by atoms with Gasteiger partial charge in [-0.2, -0.15) is 0 Å². The van der Waals surface area contributed by atoms with Crippen LogP contribution in [0.5, 0.6) is 0 Å². The second kappa shape index (κ2) is 24.0. The number of hydrogen-bond donors (Lipinski definition) is 1. The number of fused-ring (bicyclic) bond motifs is 12. The number of carboxylic acid groups (broad SMARTS) is 1. The van der Waals surface area contributed by atoms with E-state index in [9.17, 15) is 28.8 Å². The van der Waals surface area contributed by atoms with E-state index in [1.165, 1.54) is 34.0 Å². The number of rotatable bonds is 6. The molecule has 1 N–H and O–H groups in total. The number of furan rings is 3. The van der Waals surface area contributed by atoms with Crippen molar-refractivity contribution in [1.29, 1.82) is 0 Å². The molecule has 18 rings (SSSR count). The minimum absolute atomic E-state index is 0.100. The zero-order valence-electron chi connectivity index (χ0n) is 52.6. The van der Waals surface area contributed by atoms with E-state index in [1.807, 2.05) is 151 Å². The van der Waals surface area contributed by atoms with Crippen LogP contribution in [0.2, 0.25) is 0 Å². The Kier molecular flexibility index (Phi) is 15.2. The lowest BCUT2D eigenvalue weighted by Gasteiger charge is -1.99. The van der Waals surface area contributed by atoms with Gasteiger partial charge in [-0.25, -0.2) is 42.5 Å². The number of carbonyl (C=O) groups excluding carboxylic acids is 3. The summed E-state index contributed by atoms with van der Waals surface area (Å²) in [6.45, 7) is 14.1. The molecule has 12 heterocycles. The number of hydrogen-bond acceptors (Lipinski definition) is 19. The summed E-state index contributed by atoms with van der Waals surface area (Å²) in [5.74, 6) is 2.04. The van der Waals surface area contributed by atoms with Crippen molar-refractivity contribution in [3.63, 3.8) is 0 Å². The van der Waals surface area contributed by atoms with E-state index in [0.717, 1.165) is 107 Å². The lowest BCUT2D eigenvalue weighted by molar-refractivity contribution is -0.134. The monoisotopic (exact) mass is 1340 g/mol. The first-order valence-corrected chi connectivity index (χ1v) is 32.8. The number of cyclic esters (lactones) is 3. The number of carboxylic acids is 1. The van der Waals surface area contributed by atoms with E-state index in [-0.39, 0.29) is 54.4 Å². The van der Waals surface area contributed by atoms with Gasteiger partial charge in [-0.1, -0.05) is 52.2 Å². The molecule has 0 bridgehead atoms. The molecule has 3 aliphatic heterocycles. The van der Waals surface area contributed by atoms with Gasteiger partial charge in [0, 0.05) is 58.5 Å². The van der Waals surface area contributed by atoms with Crippen molar-refractivity contribution in [2.45, 2.75) is 68.3 Å². The molecule has 15 aromatic rings. The quantitative estimate of drug-likeness (QED) is 0.120. The minimum Gasteiger partial charge on any atom is -0.481 e. The van der Waals surface area contributed by atoms with Crippen LogP contribution in [0, 0.1) is 41.5 Å². The number of carbonyl (C=O) groups is 4. The van der Waals surface area contributed by atoms with Crippen LogP contribution in [0.15, 0.2) is 155 Å². The average molecular weight is 1350 g/mol. The number of aliphatic carboxylic acids is 1. The number of imidazole rings is 3. The topological polar surface area (TPSA) is 259 Å². The first-order chi connectivity index (χ1) is 46.7. The predicted octanol–water partition coefficient (Wildman–Crippen LogP) is 12.1. The molecular formula is C74H52N6O14S3. The number of thiazole rings is 3. The SMILES string of the molecule is CC(=O)O.Cc1cc2nc3s/c(=C/c4ccc(-c5ccc6c(c5)COC6=O)o4)c(=O)n3c2cc1C.Cc1cc2nc3s/c(=C/c4ccc(-c5ccc6c(c5)COC6=O)o4)c(=O)n3c2cc1C.Cc1cc2nc3s/c(=C/c4ccc(-c5ccc6c(c5)COC6=O)o4)c(=O)n3c2cc1C. The van der Waals surface area contributed by atoms with E-state index < -0.39 is 5.97 Å². The Morgan fingerprint density at radius 3 is 0.948 bits per heavy atom. The lowest BCUT2D eigenvalue weighted by Crippen LogP contribution is -2.22. The lowest BCUT2D eigenvalue weighted by atomic mass is 10.0. The fourth-order valence-electron chi connectivity index (χ4n) is 11.8. The van der Waals surface area contributed by atoms with Crippen molar-refractivity contribution in [2.75, 3.05) is 0 Å². The summed E-state index contributed by atoms with van der Waals surface area (Å²) >= 11 is 4.04. The fraction of sp³-hybridized carbons (Fsp3) is 0.135. The van der Waals surface area contributed by atoms with Crippen molar-refractivity contribution in [3.05, 3.63) is 256 Å². The summed E-state index contributed by atoms with van der Waals surface area (Å²) in [6.07, 6.45) is 5.24. The number of esters is 3. The van der Waals surface area contributed by atoms with Crippen molar-refractivity contribution in [3.8, 4) is 34.0 Å². The number of aromatic nitrogens is 6. The maximum absolute atomic E-state index is 13.1. The highest BCUT2D eigenvalue weighted by Crippen LogP contribution is 2.33. The standard InChI is InChI=1S/3C24H16N2O4S.C2H4O2/c3*1-12-7-18-19(8-13(12)2)26-22(27)21(31-24(26)25-18)10-16-4-6-20(30-16)14-3-5-17-15(9-14)11-29-23(17)28;1-2(3)4/h3*3-10H,11H2,1-2H3;1H3,(H,3,4)/b3*21-10+;. The third-order valence-corrected chi connectivity index (χ3v) is 20.1. The second-order valence-electron chi connectivity index (χ2n) is 23.7. The summed E-state index contributed by atoms with van der Waals surface area (Å²) in [4.78, 5) is 99.0. The van der Waals surface area contributed by atoms with Gasteiger partial charge >= 0.3 is 17.9 Å². The van der Waals surface area contributed by atoms with E-state index in [0.29, 0.717) is 79.7 Å². The molecule has 20 nitrogen and oxygen atoms in total. The van der Waals surface area contributed by atoms with Crippen LogP contribution in [-0.4, -0.2) is 57.1 Å². The molecule has 97 heavy (non-hydrogen) atoms. The van der Waals surface area contributed by atoms with Gasteiger partial charge in [0.1, 0.15) is 68.0 Å². The minimum atomic E-state index is -0.833. The van der Waals surface area contributed by atoms with E-state index in [2.05, 4.69) is 15.0 Å². The molecule has 0 fully saturated rings. The Morgan fingerprint density at radius 1 is 0.402 bits per heavy atom. The molecule has 0 spiro atoms. The summed E-state index contributed by atoms with van der Waals surface area (Å²) in [5.41, 5.74) is 18.4. The number of aryl methyl sites for hydroxylation is 6. The molecule has 9 aromatic heterocycles. The summed E-state index contributed by atoms with van der Waals surface area (Å²) in [5, 5.41) is 7.42. The molecule has 3 aliphatic rings. The van der Waals surface area contributed by atoms with Gasteiger partial charge in [0.25, 0.3) is 22.6 Å². The highest BCUT2D eigenvalue weighted by molar-refractivity contribution is 7.15. The number of benzene rings is 6. The van der Waals surface area contributed by atoms with Crippen LogP contribution in [-0.2, 0) is 38.8 Å². The Balaban J connectivity index is 0.000000116. The van der Waals surface area contributed by atoms with Crippen LogP contribution in [0.3, 0.4) is 0 Å². The van der Waals surface area contributed by atoms with Crippen molar-refractivity contribution >= 4 is 124 Å². The van der Waals surface area contributed by atoms with Gasteiger partial charge in [0.15, 0.2) is 14.9 Å². The van der Waals surface area contributed by atoms with Gasteiger partial charge in [-0.05, 0) is 184 Å². The van der Waals surface area contributed by atoms with Crippen LogP contribution < -0.4 is 30.3 Å². The van der Waals surface area contributed by atoms with Gasteiger partial charge in [-0.3, -0.25) is 19.2 Å². The highest BCUT2D eigenvalue weighted by atomic mass is 32.1. The van der Waals surface area contributed by atoms with Gasteiger partial charge < -0.3 is 32.6 Å². The molecule has 0 unspecified atom stereocenters. The maximum atomic E-state index is 13.1. The van der Waals surface area contributed by atoms with Crippen molar-refractivity contribution in [1.82, 2.24) is 28.2 Å². The molecule has 0 amide bonds. The van der Waals surface area contributed by atoms with Gasteiger partial charge in [-0.15, -0.1) is 0 Å². The Bertz CT molecular complexity index is 5670. The average Bonchev–Trinajstić information content (AvgIpc) is 1.61. The molecule has 0 saturated carbocycles. The normalized spacial score (nSPS) is 13.7. The predicted molar refractivity (Wildman–Crippen MR) is 368 cm³/mol. The van der Waals surface area contributed by atoms with Crippen LogP contribution in [0.4, 0.5) is 0 Å². The third kappa shape index (κ3) is 11.3. The molecule has 0 radical (unpaired) electrons. The summed E-state index contributed by atoms with van der Waals surface area (Å²) < 4.78 is 39.8. The van der Waals surface area contributed by atoms with Crippen LogP contribution in [0.1, 0.15) is 105 Å². The first-order valence-electron chi connectivity index (χ1n) is 30.4. The zero-order chi connectivity index (χ0) is 67.4. The molecule has 480 valence electrons. The van der Waals surface area contributed by atoms with Crippen LogP contribution >= 0.6 is 34.0 Å². The fourth-order valence-corrected chi connectivity index (χ4v) is 14.7. The van der Waals surface area contributed by atoms with Crippen molar-refractivity contribution in [2.24, 2.45) is 0 Å². The summed E-state index contributed by atoms with van der Waals surface area (Å²) in [6, 6.07) is 39.6. The molecule has 0 aliphatic carbocycles. The first kappa shape index (κ1) is 61.5. The maximum Gasteiger partial charge on any atom is 0.338 e. The smallest absolute Gasteiger partial charge is 0.338 e. The molecule has 23 heteroatoms. The largest absolute Gasteiger partial charge is 0.481 e. The van der Waals surface area contributed by atoms with Crippen LogP contribution in [0.25, 0.3) is 100 Å². The van der Waals surface area contributed by atoms with Crippen molar-refractivity contribution < 1.29 is 51.7 Å². The molecule has 6 aromatic carbocycles.